The number of hydrogen-bond donors (Lipinski definition) is 1. The Morgan fingerprint density at radius 3 is 2.83 bits per heavy atom. The molecule has 3 aromatic rings. The number of amides is 1. The zero-order chi connectivity index (χ0) is 20.2. The van der Waals surface area contributed by atoms with E-state index in [1.54, 1.807) is 29.5 Å². The van der Waals surface area contributed by atoms with Crippen molar-refractivity contribution in [1.29, 1.82) is 0 Å². The molecule has 2 aromatic carbocycles. The molecule has 0 bridgehead atoms. The van der Waals surface area contributed by atoms with Crippen molar-refractivity contribution in [3.63, 3.8) is 0 Å². The first-order chi connectivity index (χ1) is 14.1. The number of carbonyl (C=O) groups is 1. The Morgan fingerprint density at radius 2 is 2.00 bits per heavy atom. The molecule has 0 radical (unpaired) electrons. The molecule has 7 nitrogen and oxygen atoms in total. The number of nitro benzene ring substituents is 1. The van der Waals surface area contributed by atoms with E-state index >= 15 is 0 Å². The van der Waals surface area contributed by atoms with Crippen LogP contribution in [0.25, 0.3) is 10.2 Å². The standard InChI is InChI=1S/C21H22N4O3S/c26-20(12-13-22-15-7-1-3-9-17(15)25(27)28)24-14-6-5-10-18(24)21-23-16-8-2-4-11-19(16)29-21/h1-4,7-9,11,18,22H,5-6,10,12-14H2/t18-/m0/s1. The van der Waals surface area contributed by atoms with Gasteiger partial charge in [-0.15, -0.1) is 11.3 Å². The maximum absolute atomic E-state index is 12.9. The quantitative estimate of drug-likeness (QED) is 0.467. The van der Waals surface area contributed by atoms with E-state index in [0.717, 1.165) is 41.0 Å². The Morgan fingerprint density at radius 1 is 1.21 bits per heavy atom. The van der Waals surface area contributed by atoms with Crippen molar-refractivity contribution in [3.05, 3.63) is 63.7 Å². The molecule has 2 heterocycles. The summed E-state index contributed by atoms with van der Waals surface area (Å²) in [7, 11) is 0. The molecule has 1 fully saturated rings. The number of aromatic nitrogens is 1. The lowest BCUT2D eigenvalue weighted by atomic mass is 10.0. The Hall–Kier alpha value is -3.00. The van der Waals surface area contributed by atoms with Gasteiger partial charge >= 0.3 is 0 Å². The van der Waals surface area contributed by atoms with Crippen LogP contribution in [0.15, 0.2) is 48.5 Å². The third-order valence-electron chi connectivity index (χ3n) is 5.17. The molecule has 0 saturated carbocycles. The van der Waals surface area contributed by atoms with Gasteiger partial charge in [-0.3, -0.25) is 14.9 Å². The van der Waals surface area contributed by atoms with Crippen LogP contribution in [0.3, 0.4) is 0 Å². The highest BCUT2D eigenvalue weighted by Gasteiger charge is 2.30. The van der Waals surface area contributed by atoms with E-state index in [0.29, 0.717) is 12.2 Å². The number of hydrogen-bond acceptors (Lipinski definition) is 6. The highest BCUT2D eigenvalue weighted by Crippen LogP contribution is 2.36. The lowest BCUT2D eigenvalue weighted by molar-refractivity contribution is -0.384. The third-order valence-corrected chi connectivity index (χ3v) is 6.31. The first kappa shape index (κ1) is 19.3. The molecule has 1 aliphatic heterocycles. The van der Waals surface area contributed by atoms with E-state index in [-0.39, 0.29) is 24.1 Å². The summed E-state index contributed by atoms with van der Waals surface area (Å²) in [5.74, 6) is 0.0556. The number of fused-ring (bicyclic) bond motifs is 1. The molecule has 29 heavy (non-hydrogen) atoms. The fourth-order valence-corrected chi connectivity index (χ4v) is 4.86. The Kier molecular flexibility index (Phi) is 5.71. The summed E-state index contributed by atoms with van der Waals surface area (Å²) in [6.07, 6.45) is 3.28. The molecule has 1 aromatic heterocycles. The zero-order valence-corrected chi connectivity index (χ0v) is 16.7. The number of thiazole rings is 1. The van der Waals surface area contributed by atoms with Crippen LogP contribution in [-0.2, 0) is 4.79 Å². The third kappa shape index (κ3) is 4.22. The van der Waals surface area contributed by atoms with Crippen LogP contribution < -0.4 is 5.32 Å². The lowest BCUT2D eigenvalue weighted by Crippen LogP contribution is -2.39. The predicted octanol–water partition coefficient (Wildman–Crippen LogP) is 4.76. The highest BCUT2D eigenvalue weighted by molar-refractivity contribution is 7.18. The summed E-state index contributed by atoms with van der Waals surface area (Å²) in [5.41, 5.74) is 1.43. The molecule has 8 heteroatoms. The molecule has 0 aliphatic carbocycles. The number of para-hydroxylation sites is 3. The largest absolute Gasteiger partial charge is 0.379 e. The zero-order valence-electron chi connectivity index (χ0n) is 15.9. The number of benzene rings is 2. The molecule has 0 spiro atoms. The van der Waals surface area contributed by atoms with Crippen molar-refractivity contribution in [3.8, 4) is 0 Å². The fraction of sp³-hybridized carbons (Fsp3) is 0.333. The molecule has 1 N–H and O–H groups in total. The average molecular weight is 410 g/mol. The minimum absolute atomic E-state index is 0.0136. The summed E-state index contributed by atoms with van der Waals surface area (Å²) >= 11 is 1.66. The molecule has 1 amide bonds. The Bertz CT molecular complexity index is 1000. The Balaban J connectivity index is 1.43. The first-order valence-electron chi connectivity index (χ1n) is 9.76. The monoisotopic (exact) mass is 410 g/mol. The molecule has 4 rings (SSSR count). The maximum atomic E-state index is 12.9. The first-order valence-corrected chi connectivity index (χ1v) is 10.6. The number of nitro groups is 1. The molecule has 1 saturated heterocycles. The van der Waals surface area contributed by atoms with Crippen molar-refractivity contribution in [2.75, 3.05) is 18.4 Å². The summed E-state index contributed by atoms with van der Waals surface area (Å²) in [6.45, 7) is 1.08. The van der Waals surface area contributed by atoms with Crippen LogP contribution in [0.5, 0.6) is 0 Å². The van der Waals surface area contributed by atoms with Crippen LogP contribution in [-0.4, -0.2) is 33.8 Å². The van der Waals surface area contributed by atoms with E-state index in [1.807, 2.05) is 23.1 Å². The molecule has 150 valence electrons. The topological polar surface area (TPSA) is 88.4 Å². The second-order valence-electron chi connectivity index (χ2n) is 7.07. The summed E-state index contributed by atoms with van der Waals surface area (Å²) < 4.78 is 1.14. The second-order valence-corrected chi connectivity index (χ2v) is 8.13. The predicted molar refractivity (Wildman–Crippen MR) is 114 cm³/mol. The van der Waals surface area contributed by atoms with E-state index in [1.165, 1.54) is 6.07 Å². The van der Waals surface area contributed by atoms with Gasteiger partial charge in [0.2, 0.25) is 5.91 Å². The van der Waals surface area contributed by atoms with E-state index < -0.39 is 4.92 Å². The molecular formula is C21H22N4O3S. The van der Waals surface area contributed by atoms with Crippen molar-refractivity contribution in [2.24, 2.45) is 0 Å². The smallest absolute Gasteiger partial charge is 0.292 e. The fourth-order valence-electron chi connectivity index (χ4n) is 3.75. The number of nitrogens with one attached hydrogen (secondary N) is 1. The average Bonchev–Trinajstić information content (AvgIpc) is 3.18. The summed E-state index contributed by atoms with van der Waals surface area (Å²) in [6, 6.07) is 14.5. The second kappa shape index (κ2) is 8.57. The molecule has 1 atom stereocenters. The van der Waals surface area contributed by atoms with E-state index in [2.05, 4.69) is 11.4 Å². The van der Waals surface area contributed by atoms with Gasteiger partial charge in [0.15, 0.2) is 0 Å². The van der Waals surface area contributed by atoms with Crippen LogP contribution in [0.2, 0.25) is 0 Å². The minimum atomic E-state index is -0.419. The van der Waals surface area contributed by atoms with Gasteiger partial charge in [0.05, 0.1) is 21.2 Å². The van der Waals surface area contributed by atoms with Gasteiger partial charge in [0, 0.05) is 25.6 Å². The van der Waals surface area contributed by atoms with Gasteiger partial charge in [-0.05, 0) is 37.5 Å². The van der Waals surface area contributed by atoms with Crippen molar-refractivity contribution in [1.82, 2.24) is 9.88 Å². The van der Waals surface area contributed by atoms with Gasteiger partial charge in [-0.1, -0.05) is 24.3 Å². The van der Waals surface area contributed by atoms with Gasteiger partial charge in [-0.25, -0.2) is 4.98 Å². The molecular weight excluding hydrogens is 388 g/mol. The van der Waals surface area contributed by atoms with Crippen LogP contribution >= 0.6 is 11.3 Å². The number of likely N-dealkylation sites (tertiary alicyclic amines) is 1. The van der Waals surface area contributed by atoms with Crippen molar-refractivity contribution < 1.29 is 9.72 Å². The van der Waals surface area contributed by atoms with Crippen LogP contribution in [0.4, 0.5) is 11.4 Å². The van der Waals surface area contributed by atoms with E-state index in [4.69, 9.17) is 4.98 Å². The SMILES string of the molecule is O=C(CCNc1ccccc1[N+](=O)[O-])N1CCCC[C@H]1c1nc2ccccc2s1. The summed E-state index contributed by atoms with van der Waals surface area (Å²) in [4.78, 5) is 30.3. The van der Waals surface area contributed by atoms with Crippen LogP contribution in [0, 0.1) is 10.1 Å². The van der Waals surface area contributed by atoms with Crippen molar-refractivity contribution >= 4 is 38.8 Å². The number of piperidine rings is 1. The minimum Gasteiger partial charge on any atom is -0.379 e. The number of rotatable bonds is 6. The normalized spacial score (nSPS) is 16.7. The van der Waals surface area contributed by atoms with Gasteiger partial charge in [0.25, 0.3) is 5.69 Å². The van der Waals surface area contributed by atoms with Crippen LogP contribution in [0.1, 0.15) is 36.7 Å². The van der Waals surface area contributed by atoms with Gasteiger partial charge in [0.1, 0.15) is 10.7 Å². The number of carbonyl (C=O) groups excluding carboxylic acids is 1. The maximum Gasteiger partial charge on any atom is 0.292 e. The molecule has 0 unspecified atom stereocenters. The van der Waals surface area contributed by atoms with Crippen molar-refractivity contribution in [2.45, 2.75) is 31.7 Å². The Labute approximate surface area is 172 Å². The van der Waals surface area contributed by atoms with Gasteiger partial charge in [-0.2, -0.15) is 0 Å². The van der Waals surface area contributed by atoms with E-state index in [9.17, 15) is 14.9 Å². The molecule has 1 aliphatic rings. The van der Waals surface area contributed by atoms with Gasteiger partial charge < -0.3 is 10.2 Å². The highest BCUT2D eigenvalue weighted by atomic mass is 32.1. The lowest BCUT2D eigenvalue weighted by Gasteiger charge is -2.34. The summed E-state index contributed by atoms with van der Waals surface area (Å²) in [5, 5.41) is 15.2. The number of nitrogens with zero attached hydrogens (tertiary/aromatic N) is 3. The number of anilines is 1.